The molecule has 0 spiro atoms. The van der Waals surface area contributed by atoms with Crippen LogP contribution in [0.3, 0.4) is 0 Å². The van der Waals surface area contributed by atoms with E-state index in [9.17, 15) is 4.79 Å². The maximum Gasteiger partial charge on any atom is 0.335 e. The SMILES string of the molecule is O=C(O)c1ccc(-c2cc(-c3n[nH]c4cc(Br)ccc34)on2)cc1. The highest BCUT2D eigenvalue weighted by Crippen LogP contribution is 2.31. The van der Waals surface area contributed by atoms with E-state index in [4.69, 9.17) is 9.63 Å². The smallest absolute Gasteiger partial charge is 0.335 e. The zero-order chi connectivity index (χ0) is 16.7. The van der Waals surface area contributed by atoms with E-state index < -0.39 is 5.97 Å². The van der Waals surface area contributed by atoms with Crippen LogP contribution in [-0.2, 0) is 0 Å². The van der Waals surface area contributed by atoms with E-state index in [1.54, 1.807) is 18.2 Å². The molecule has 2 aromatic carbocycles. The number of carbonyl (C=O) groups is 1. The minimum Gasteiger partial charge on any atom is -0.478 e. The van der Waals surface area contributed by atoms with Gasteiger partial charge in [-0.3, -0.25) is 5.10 Å². The number of aromatic amines is 1. The Bertz CT molecular complexity index is 1050. The van der Waals surface area contributed by atoms with Gasteiger partial charge in [-0.25, -0.2) is 4.79 Å². The molecule has 0 atom stereocenters. The molecule has 2 aromatic heterocycles. The fourth-order valence-corrected chi connectivity index (χ4v) is 2.85. The number of H-pyrrole nitrogens is 1. The standard InChI is InChI=1S/C17H10BrN3O3/c18-11-5-6-12-14(7-11)19-20-16(12)15-8-13(21-24-15)9-1-3-10(4-2-9)17(22)23/h1-8H,(H,19,20)(H,22,23). The van der Waals surface area contributed by atoms with Crippen molar-refractivity contribution < 1.29 is 14.4 Å². The molecule has 0 unspecified atom stereocenters. The third-order valence-corrected chi connectivity index (χ3v) is 4.19. The predicted molar refractivity (Wildman–Crippen MR) is 91.7 cm³/mol. The molecule has 2 N–H and O–H groups in total. The summed E-state index contributed by atoms with van der Waals surface area (Å²) in [5.74, 6) is -0.419. The molecule has 0 amide bonds. The van der Waals surface area contributed by atoms with E-state index in [2.05, 4.69) is 31.3 Å². The number of hydrogen-bond donors (Lipinski definition) is 2. The monoisotopic (exact) mass is 383 g/mol. The maximum atomic E-state index is 10.9. The zero-order valence-corrected chi connectivity index (χ0v) is 13.7. The average molecular weight is 384 g/mol. The lowest BCUT2D eigenvalue weighted by Crippen LogP contribution is -1.94. The summed E-state index contributed by atoms with van der Waals surface area (Å²) in [5.41, 5.74) is 3.20. The number of nitrogens with one attached hydrogen (secondary N) is 1. The quantitative estimate of drug-likeness (QED) is 0.548. The first-order chi connectivity index (χ1) is 11.6. The van der Waals surface area contributed by atoms with Crippen molar-refractivity contribution in [3.8, 4) is 22.7 Å². The Balaban J connectivity index is 1.72. The minimum absolute atomic E-state index is 0.228. The molecule has 2 heterocycles. The third-order valence-electron chi connectivity index (χ3n) is 3.70. The summed E-state index contributed by atoms with van der Waals surface area (Å²) in [7, 11) is 0. The highest BCUT2D eigenvalue weighted by atomic mass is 79.9. The maximum absolute atomic E-state index is 10.9. The molecule has 0 radical (unpaired) electrons. The molecule has 4 aromatic rings. The van der Waals surface area contributed by atoms with Gasteiger partial charge in [-0.2, -0.15) is 5.10 Å². The summed E-state index contributed by atoms with van der Waals surface area (Å²) in [6.45, 7) is 0. The van der Waals surface area contributed by atoms with Gasteiger partial charge < -0.3 is 9.63 Å². The fraction of sp³-hybridized carbons (Fsp3) is 0. The summed E-state index contributed by atoms with van der Waals surface area (Å²) in [6.07, 6.45) is 0. The lowest BCUT2D eigenvalue weighted by Gasteiger charge is -1.96. The number of rotatable bonds is 3. The lowest BCUT2D eigenvalue weighted by molar-refractivity contribution is 0.0697. The molecule has 0 saturated carbocycles. The van der Waals surface area contributed by atoms with Gasteiger partial charge in [-0.1, -0.05) is 33.2 Å². The fourth-order valence-electron chi connectivity index (χ4n) is 2.49. The molecule has 0 saturated heterocycles. The van der Waals surface area contributed by atoms with Crippen molar-refractivity contribution >= 4 is 32.8 Å². The number of aromatic nitrogens is 3. The second-order valence-corrected chi connectivity index (χ2v) is 6.14. The molecule has 6 nitrogen and oxygen atoms in total. The predicted octanol–water partition coefficient (Wildman–Crippen LogP) is 4.35. The van der Waals surface area contributed by atoms with Gasteiger partial charge in [-0.15, -0.1) is 0 Å². The van der Waals surface area contributed by atoms with Crippen LogP contribution < -0.4 is 0 Å². The van der Waals surface area contributed by atoms with Gasteiger partial charge in [0.1, 0.15) is 11.4 Å². The number of nitrogens with zero attached hydrogens (tertiary/aromatic N) is 2. The molecule has 0 bridgehead atoms. The Hall–Kier alpha value is -2.93. The van der Waals surface area contributed by atoms with Crippen molar-refractivity contribution in [2.45, 2.75) is 0 Å². The van der Waals surface area contributed by atoms with Gasteiger partial charge >= 0.3 is 5.97 Å². The van der Waals surface area contributed by atoms with Gasteiger partial charge in [0.05, 0.1) is 11.1 Å². The molecule has 4 rings (SSSR count). The van der Waals surface area contributed by atoms with E-state index in [1.165, 1.54) is 12.1 Å². The van der Waals surface area contributed by atoms with Crippen LogP contribution in [0.2, 0.25) is 0 Å². The molecule has 24 heavy (non-hydrogen) atoms. The van der Waals surface area contributed by atoms with Crippen molar-refractivity contribution in [1.29, 1.82) is 0 Å². The van der Waals surface area contributed by atoms with E-state index in [0.29, 0.717) is 17.1 Å². The average Bonchev–Trinajstić information content (AvgIpc) is 3.21. The van der Waals surface area contributed by atoms with Crippen LogP contribution in [0.5, 0.6) is 0 Å². The van der Waals surface area contributed by atoms with E-state index in [1.807, 2.05) is 18.2 Å². The van der Waals surface area contributed by atoms with Crippen LogP contribution >= 0.6 is 15.9 Å². The number of hydrogen-bond acceptors (Lipinski definition) is 4. The first-order valence-corrected chi connectivity index (χ1v) is 7.85. The van der Waals surface area contributed by atoms with Gasteiger partial charge in [-0.05, 0) is 30.3 Å². The highest BCUT2D eigenvalue weighted by Gasteiger charge is 2.15. The van der Waals surface area contributed by atoms with Crippen LogP contribution in [0.25, 0.3) is 33.6 Å². The summed E-state index contributed by atoms with van der Waals surface area (Å²) < 4.78 is 6.38. The van der Waals surface area contributed by atoms with Crippen LogP contribution in [0.4, 0.5) is 0 Å². The molecule has 118 valence electrons. The number of fused-ring (bicyclic) bond motifs is 1. The van der Waals surface area contributed by atoms with Crippen molar-refractivity contribution in [2.24, 2.45) is 0 Å². The normalized spacial score (nSPS) is 11.0. The second kappa shape index (κ2) is 5.61. The minimum atomic E-state index is -0.962. The molecule has 7 heteroatoms. The topological polar surface area (TPSA) is 92.0 Å². The van der Waals surface area contributed by atoms with Gasteiger partial charge in [0.2, 0.25) is 0 Å². The van der Waals surface area contributed by atoms with Crippen LogP contribution in [-0.4, -0.2) is 26.4 Å². The molecule has 0 fully saturated rings. The number of halogens is 1. The molecule has 0 aliphatic rings. The highest BCUT2D eigenvalue weighted by molar-refractivity contribution is 9.10. The number of carboxylic acids is 1. The largest absolute Gasteiger partial charge is 0.478 e. The summed E-state index contributed by atoms with van der Waals surface area (Å²) in [6, 6.07) is 14.1. The first-order valence-electron chi connectivity index (χ1n) is 7.06. The molecule has 0 aliphatic carbocycles. The number of benzene rings is 2. The van der Waals surface area contributed by atoms with Crippen LogP contribution in [0, 0.1) is 0 Å². The first kappa shape index (κ1) is 14.6. The van der Waals surface area contributed by atoms with Crippen molar-refractivity contribution in [3.05, 3.63) is 58.6 Å². The Morgan fingerprint density at radius 1 is 1.12 bits per heavy atom. The number of aromatic carboxylic acids is 1. The second-order valence-electron chi connectivity index (χ2n) is 5.22. The molecule has 0 aliphatic heterocycles. The lowest BCUT2D eigenvalue weighted by atomic mass is 10.1. The Morgan fingerprint density at radius 3 is 2.67 bits per heavy atom. The van der Waals surface area contributed by atoms with Crippen molar-refractivity contribution in [1.82, 2.24) is 15.4 Å². The van der Waals surface area contributed by atoms with E-state index in [-0.39, 0.29) is 5.56 Å². The summed E-state index contributed by atoms with van der Waals surface area (Å²) in [5, 5.41) is 21.2. The van der Waals surface area contributed by atoms with E-state index >= 15 is 0 Å². The van der Waals surface area contributed by atoms with Crippen molar-refractivity contribution in [3.63, 3.8) is 0 Å². The Labute approximate surface area is 144 Å². The van der Waals surface area contributed by atoms with Gasteiger partial charge in [0.15, 0.2) is 5.76 Å². The van der Waals surface area contributed by atoms with Gasteiger partial charge in [0, 0.05) is 21.5 Å². The summed E-state index contributed by atoms with van der Waals surface area (Å²) >= 11 is 3.42. The summed E-state index contributed by atoms with van der Waals surface area (Å²) in [4.78, 5) is 10.9. The molecular weight excluding hydrogens is 374 g/mol. The van der Waals surface area contributed by atoms with Crippen molar-refractivity contribution in [2.75, 3.05) is 0 Å². The Morgan fingerprint density at radius 2 is 1.92 bits per heavy atom. The Kier molecular flexibility index (Phi) is 3.42. The van der Waals surface area contributed by atoms with Crippen LogP contribution in [0.15, 0.2) is 57.5 Å². The van der Waals surface area contributed by atoms with E-state index in [0.717, 1.165) is 20.9 Å². The number of carboxylic acid groups (broad SMARTS) is 1. The third kappa shape index (κ3) is 2.48. The van der Waals surface area contributed by atoms with Crippen LogP contribution in [0.1, 0.15) is 10.4 Å². The zero-order valence-electron chi connectivity index (χ0n) is 12.2. The molecular formula is C17H10BrN3O3. The van der Waals surface area contributed by atoms with Gasteiger partial charge in [0.25, 0.3) is 0 Å².